The van der Waals surface area contributed by atoms with Gasteiger partial charge in [-0.3, -0.25) is 0 Å². The molecule has 1 heterocycles. The fraction of sp³-hybridized carbons (Fsp3) is 0.455. The molecule has 70 valence electrons. The average molecular weight is 178 g/mol. The lowest BCUT2D eigenvalue weighted by atomic mass is 10.1. The average Bonchev–Trinajstić information content (AvgIpc) is 2.70. The molecule has 2 heteroatoms. The van der Waals surface area contributed by atoms with Gasteiger partial charge < -0.3 is 9.47 Å². The van der Waals surface area contributed by atoms with Crippen LogP contribution in [0.3, 0.4) is 0 Å². The minimum atomic E-state index is -0.129. The van der Waals surface area contributed by atoms with E-state index in [0.717, 1.165) is 6.42 Å². The van der Waals surface area contributed by atoms with Crippen molar-refractivity contribution in [1.82, 2.24) is 0 Å². The summed E-state index contributed by atoms with van der Waals surface area (Å²) in [6.07, 6.45) is 0.899. The highest BCUT2D eigenvalue weighted by Gasteiger charge is 2.19. The second-order valence-electron chi connectivity index (χ2n) is 3.13. The normalized spacial score (nSPS) is 17.9. The third-order valence-electron chi connectivity index (χ3n) is 2.31. The molecule has 2 rings (SSSR count). The molecule has 0 bridgehead atoms. The van der Waals surface area contributed by atoms with Gasteiger partial charge in [-0.1, -0.05) is 31.2 Å². The van der Waals surface area contributed by atoms with E-state index in [0.29, 0.717) is 13.2 Å². The maximum absolute atomic E-state index is 5.46. The molecule has 0 aliphatic carbocycles. The zero-order valence-electron chi connectivity index (χ0n) is 7.82. The lowest BCUT2D eigenvalue weighted by molar-refractivity contribution is -0.0446. The Morgan fingerprint density at radius 1 is 1.23 bits per heavy atom. The molecule has 1 saturated heterocycles. The van der Waals surface area contributed by atoms with Gasteiger partial charge >= 0.3 is 0 Å². The Balaban J connectivity index is 2.26. The molecule has 1 fully saturated rings. The van der Waals surface area contributed by atoms with E-state index in [4.69, 9.17) is 9.47 Å². The van der Waals surface area contributed by atoms with E-state index >= 15 is 0 Å². The molecule has 13 heavy (non-hydrogen) atoms. The molecule has 0 unspecified atom stereocenters. The molecule has 0 aromatic heterocycles. The second-order valence-corrected chi connectivity index (χ2v) is 3.13. The standard InChI is InChI=1S/C11H14O2/c1-2-9-5-3-4-6-10(9)11-12-7-8-13-11/h3-6,11H,2,7-8H2,1H3. The van der Waals surface area contributed by atoms with Crippen LogP contribution in [0.2, 0.25) is 0 Å². The Kier molecular flexibility index (Phi) is 2.62. The molecular formula is C11H14O2. The van der Waals surface area contributed by atoms with E-state index in [1.165, 1.54) is 11.1 Å². The van der Waals surface area contributed by atoms with Crippen molar-refractivity contribution < 1.29 is 9.47 Å². The van der Waals surface area contributed by atoms with Gasteiger partial charge in [0.1, 0.15) is 0 Å². The number of hydrogen-bond donors (Lipinski definition) is 0. The van der Waals surface area contributed by atoms with Crippen LogP contribution in [0.25, 0.3) is 0 Å². The quantitative estimate of drug-likeness (QED) is 0.691. The predicted octanol–water partition coefficient (Wildman–Crippen LogP) is 2.29. The first-order valence-corrected chi connectivity index (χ1v) is 4.73. The highest BCUT2D eigenvalue weighted by atomic mass is 16.7. The highest BCUT2D eigenvalue weighted by molar-refractivity contribution is 5.28. The predicted molar refractivity (Wildman–Crippen MR) is 50.5 cm³/mol. The Morgan fingerprint density at radius 2 is 1.92 bits per heavy atom. The van der Waals surface area contributed by atoms with Crippen molar-refractivity contribution in [3.05, 3.63) is 35.4 Å². The molecular weight excluding hydrogens is 164 g/mol. The summed E-state index contributed by atoms with van der Waals surface area (Å²) in [7, 11) is 0. The molecule has 1 aliphatic heterocycles. The molecule has 0 amide bonds. The molecule has 0 saturated carbocycles. The number of hydrogen-bond acceptors (Lipinski definition) is 2. The topological polar surface area (TPSA) is 18.5 Å². The van der Waals surface area contributed by atoms with Crippen molar-refractivity contribution in [2.24, 2.45) is 0 Å². The van der Waals surface area contributed by atoms with Gasteiger partial charge in [0.05, 0.1) is 13.2 Å². The number of rotatable bonds is 2. The monoisotopic (exact) mass is 178 g/mol. The second kappa shape index (κ2) is 3.90. The third kappa shape index (κ3) is 1.74. The molecule has 1 aromatic rings. The lowest BCUT2D eigenvalue weighted by Crippen LogP contribution is -2.01. The van der Waals surface area contributed by atoms with Crippen molar-refractivity contribution in [3.8, 4) is 0 Å². The van der Waals surface area contributed by atoms with Crippen molar-refractivity contribution in [3.63, 3.8) is 0 Å². The Labute approximate surface area is 78.5 Å². The number of ether oxygens (including phenoxy) is 2. The number of benzene rings is 1. The van der Waals surface area contributed by atoms with E-state index < -0.39 is 0 Å². The summed E-state index contributed by atoms with van der Waals surface area (Å²) >= 11 is 0. The first-order chi connectivity index (χ1) is 6.42. The van der Waals surface area contributed by atoms with Gasteiger partial charge in [-0.25, -0.2) is 0 Å². The van der Waals surface area contributed by atoms with Gasteiger partial charge in [0.25, 0.3) is 0 Å². The van der Waals surface area contributed by atoms with Crippen LogP contribution in [0.1, 0.15) is 24.3 Å². The van der Waals surface area contributed by atoms with Gasteiger partial charge in [0.2, 0.25) is 0 Å². The Morgan fingerprint density at radius 3 is 2.62 bits per heavy atom. The minimum absolute atomic E-state index is 0.129. The fourth-order valence-electron chi connectivity index (χ4n) is 1.62. The van der Waals surface area contributed by atoms with E-state index in [2.05, 4.69) is 25.1 Å². The molecule has 0 N–H and O–H groups in total. The van der Waals surface area contributed by atoms with Crippen molar-refractivity contribution >= 4 is 0 Å². The van der Waals surface area contributed by atoms with Crippen molar-refractivity contribution in [1.29, 1.82) is 0 Å². The number of aryl methyl sites for hydroxylation is 1. The van der Waals surface area contributed by atoms with Crippen LogP contribution in [0.15, 0.2) is 24.3 Å². The lowest BCUT2D eigenvalue weighted by Gasteiger charge is -2.12. The van der Waals surface area contributed by atoms with Gasteiger partial charge in [-0.2, -0.15) is 0 Å². The molecule has 0 radical (unpaired) electrons. The summed E-state index contributed by atoms with van der Waals surface area (Å²) < 4.78 is 10.9. The first kappa shape index (κ1) is 8.73. The van der Waals surface area contributed by atoms with E-state index in [-0.39, 0.29) is 6.29 Å². The molecule has 1 aromatic carbocycles. The summed E-state index contributed by atoms with van der Waals surface area (Å²) in [6, 6.07) is 8.28. The van der Waals surface area contributed by atoms with Crippen molar-refractivity contribution in [2.45, 2.75) is 19.6 Å². The summed E-state index contributed by atoms with van der Waals surface area (Å²) in [5.74, 6) is 0. The van der Waals surface area contributed by atoms with Gasteiger partial charge in [-0.05, 0) is 12.0 Å². The summed E-state index contributed by atoms with van der Waals surface area (Å²) in [6.45, 7) is 3.57. The summed E-state index contributed by atoms with van der Waals surface area (Å²) in [5, 5.41) is 0. The SMILES string of the molecule is CCc1ccccc1C1OCCO1. The Hall–Kier alpha value is -0.860. The third-order valence-corrected chi connectivity index (χ3v) is 2.31. The maximum atomic E-state index is 5.46. The smallest absolute Gasteiger partial charge is 0.184 e. The van der Waals surface area contributed by atoms with Gasteiger partial charge in [0, 0.05) is 5.56 Å². The van der Waals surface area contributed by atoms with E-state index in [1.54, 1.807) is 0 Å². The van der Waals surface area contributed by atoms with E-state index in [1.807, 2.05) is 6.07 Å². The molecule has 2 nitrogen and oxygen atoms in total. The van der Waals surface area contributed by atoms with Crippen molar-refractivity contribution in [2.75, 3.05) is 13.2 Å². The molecule has 0 atom stereocenters. The van der Waals surface area contributed by atoms with Crippen LogP contribution in [0, 0.1) is 0 Å². The molecule has 1 aliphatic rings. The van der Waals surface area contributed by atoms with Gasteiger partial charge in [-0.15, -0.1) is 0 Å². The van der Waals surface area contributed by atoms with Crippen LogP contribution in [-0.4, -0.2) is 13.2 Å². The van der Waals surface area contributed by atoms with Crippen LogP contribution < -0.4 is 0 Å². The summed E-state index contributed by atoms with van der Waals surface area (Å²) in [5.41, 5.74) is 2.50. The van der Waals surface area contributed by atoms with Crippen LogP contribution in [0.4, 0.5) is 0 Å². The fourth-order valence-corrected chi connectivity index (χ4v) is 1.62. The maximum Gasteiger partial charge on any atom is 0.184 e. The van der Waals surface area contributed by atoms with Crippen LogP contribution in [-0.2, 0) is 15.9 Å². The first-order valence-electron chi connectivity index (χ1n) is 4.73. The molecule has 0 spiro atoms. The Bertz CT molecular complexity index is 277. The van der Waals surface area contributed by atoms with Crippen LogP contribution >= 0.6 is 0 Å². The van der Waals surface area contributed by atoms with Gasteiger partial charge in [0.15, 0.2) is 6.29 Å². The summed E-state index contributed by atoms with van der Waals surface area (Å²) in [4.78, 5) is 0. The zero-order chi connectivity index (χ0) is 9.10. The highest BCUT2D eigenvalue weighted by Crippen LogP contribution is 2.26. The van der Waals surface area contributed by atoms with E-state index in [9.17, 15) is 0 Å². The van der Waals surface area contributed by atoms with Crippen LogP contribution in [0.5, 0.6) is 0 Å². The minimum Gasteiger partial charge on any atom is -0.346 e. The largest absolute Gasteiger partial charge is 0.346 e. The zero-order valence-corrected chi connectivity index (χ0v) is 7.82.